The molecular formula is C36H38BClF6N8O2. The first-order chi connectivity index (χ1) is 25.4. The van der Waals surface area contributed by atoms with Crippen molar-refractivity contribution in [3.63, 3.8) is 0 Å². The van der Waals surface area contributed by atoms with E-state index in [1.807, 2.05) is 45.9 Å². The van der Waals surface area contributed by atoms with E-state index in [-0.39, 0.29) is 0 Å². The Bertz CT molecular complexity index is 2000. The molecule has 2 N–H and O–H groups in total. The normalized spacial score (nSPS) is 21.5. The topological polar surface area (TPSA) is 101 Å². The van der Waals surface area contributed by atoms with Crippen molar-refractivity contribution in [1.29, 1.82) is 0 Å². The Morgan fingerprint density at radius 2 is 1.24 bits per heavy atom. The van der Waals surface area contributed by atoms with Gasteiger partial charge in [0.2, 0.25) is 0 Å². The number of nitrogens with one attached hydrogen (secondary N) is 2. The van der Waals surface area contributed by atoms with Gasteiger partial charge in [0.1, 0.15) is 16.5 Å². The zero-order valence-corrected chi connectivity index (χ0v) is 30.6. The molecule has 9 rings (SSSR count). The first-order valence-electron chi connectivity index (χ1n) is 17.5. The summed E-state index contributed by atoms with van der Waals surface area (Å²) in [6, 6.07) is 13.5. The number of rotatable bonds is 2. The van der Waals surface area contributed by atoms with E-state index < -0.39 is 42.1 Å². The minimum Gasteiger partial charge on any atom is -0.399 e. The standard InChI is InChI=1S/C15H13F3N4.C12H15BF3NO2.C9H10ClN3/c16-15(17,18)13-7-9(3-5-19-13)11-1-2-12-14(21-11)20-10-4-6-22(12)8-10;1-10(2)11(3,4)19-13(18-10)8-5-6-17-9(7-8)12(14,15)16;10-8-2-1-7-9(12-8)11-6-3-4-13(7)5-6/h1-3,5,7,10H,4,6,8H2,(H,20,21);5-7H,1-4H3;1-2,6H,3-5H2,(H,11,12)/t10-;;6-/m0.0/s1. The van der Waals surface area contributed by atoms with E-state index in [0.29, 0.717) is 34.0 Å². The van der Waals surface area contributed by atoms with Crippen molar-refractivity contribution in [1.82, 2.24) is 19.9 Å². The summed E-state index contributed by atoms with van der Waals surface area (Å²) in [7, 11) is -0.811. The van der Waals surface area contributed by atoms with Crippen LogP contribution in [0.15, 0.2) is 60.9 Å². The lowest BCUT2D eigenvalue weighted by atomic mass is 9.79. The van der Waals surface area contributed by atoms with Gasteiger partial charge in [0.15, 0.2) is 11.6 Å². The molecule has 0 spiro atoms. The second-order valence-electron chi connectivity index (χ2n) is 14.7. The van der Waals surface area contributed by atoms with Crippen molar-refractivity contribution in [2.45, 2.75) is 76.2 Å². The van der Waals surface area contributed by atoms with Crippen LogP contribution in [0.1, 0.15) is 51.9 Å². The van der Waals surface area contributed by atoms with Crippen molar-refractivity contribution in [3.8, 4) is 11.3 Å². The molecule has 4 aromatic rings. The van der Waals surface area contributed by atoms with E-state index in [1.165, 1.54) is 24.4 Å². The molecule has 18 heteroatoms. The average Bonchev–Trinajstić information content (AvgIpc) is 3.76. The predicted octanol–water partition coefficient (Wildman–Crippen LogP) is 7.31. The molecule has 10 nitrogen and oxygen atoms in total. The third-order valence-corrected chi connectivity index (χ3v) is 10.6. The molecule has 0 aliphatic carbocycles. The molecule has 3 saturated heterocycles. The molecule has 0 aromatic carbocycles. The summed E-state index contributed by atoms with van der Waals surface area (Å²) in [4.78, 5) is 20.1. The van der Waals surface area contributed by atoms with Crippen LogP contribution in [0.3, 0.4) is 0 Å². The quantitative estimate of drug-likeness (QED) is 0.123. The Hall–Kier alpha value is -4.35. The van der Waals surface area contributed by atoms with Crippen LogP contribution in [-0.2, 0) is 21.7 Å². The van der Waals surface area contributed by atoms with E-state index in [1.54, 1.807) is 12.1 Å². The van der Waals surface area contributed by atoms with Gasteiger partial charge in [-0.2, -0.15) is 26.3 Å². The highest BCUT2D eigenvalue weighted by molar-refractivity contribution is 6.62. The van der Waals surface area contributed by atoms with Crippen LogP contribution in [0, 0.1) is 0 Å². The number of hydrogen-bond donors (Lipinski definition) is 2. The molecule has 9 heterocycles. The Kier molecular flexibility index (Phi) is 9.88. The SMILES string of the molecule is CC1(C)OB(c2ccnc(C(F)(F)F)c2)OC1(C)C.Clc1ccc2c(n1)N[C@H]1CCN2C1.FC(F)(F)c1cc(-c2ccc3c(n2)N[C@H]2CCN3C2)ccn1. The lowest BCUT2D eigenvalue weighted by Gasteiger charge is -2.32. The largest absolute Gasteiger partial charge is 0.494 e. The molecule has 0 amide bonds. The summed E-state index contributed by atoms with van der Waals surface area (Å²) in [6.45, 7) is 11.6. The van der Waals surface area contributed by atoms with Crippen molar-refractivity contribution in [3.05, 3.63) is 77.5 Å². The van der Waals surface area contributed by atoms with Gasteiger partial charge in [0, 0.05) is 56.2 Å². The predicted molar refractivity (Wildman–Crippen MR) is 195 cm³/mol. The maximum absolute atomic E-state index is 12.8. The van der Waals surface area contributed by atoms with Gasteiger partial charge in [-0.15, -0.1) is 0 Å². The Balaban J connectivity index is 0.000000129. The van der Waals surface area contributed by atoms with E-state index in [2.05, 4.69) is 40.4 Å². The fourth-order valence-corrected chi connectivity index (χ4v) is 6.96. The van der Waals surface area contributed by atoms with Gasteiger partial charge >= 0.3 is 19.5 Å². The second-order valence-corrected chi connectivity index (χ2v) is 15.1. The highest BCUT2D eigenvalue weighted by Crippen LogP contribution is 2.39. The maximum atomic E-state index is 12.8. The summed E-state index contributed by atoms with van der Waals surface area (Å²) in [5.41, 5.74) is 0.447. The lowest BCUT2D eigenvalue weighted by Crippen LogP contribution is -2.41. The molecule has 2 atom stereocenters. The first kappa shape index (κ1) is 37.9. The minimum atomic E-state index is -4.47. The van der Waals surface area contributed by atoms with Gasteiger partial charge in [-0.3, -0.25) is 9.97 Å². The molecule has 0 radical (unpaired) electrons. The van der Waals surface area contributed by atoms with E-state index in [4.69, 9.17) is 20.9 Å². The highest BCUT2D eigenvalue weighted by atomic mass is 35.5. The van der Waals surface area contributed by atoms with Gasteiger partial charge < -0.3 is 29.7 Å². The monoisotopic (exact) mass is 774 g/mol. The third kappa shape index (κ3) is 7.89. The Labute approximate surface area is 313 Å². The zero-order chi connectivity index (χ0) is 38.6. The molecule has 0 unspecified atom stereocenters. The number of aromatic nitrogens is 4. The minimum absolute atomic E-state index is 0.320. The van der Waals surface area contributed by atoms with Crippen LogP contribution in [0.2, 0.25) is 5.15 Å². The number of fused-ring (bicyclic) bond motifs is 8. The highest BCUT2D eigenvalue weighted by Gasteiger charge is 2.52. The molecule has 4 aromatic heterocycles. The number of alkyl halides is 6. The molecule has 5 aliphatic heterocycles. The van der Waals surface area contributed by atoms with Gasteiger partial charge in [-0.05, 0) is 94.5 Å². The van der Waals surface area contributed by atoms with E-state index in [9.17, 15) is 26.3 Å². The van der Waals surface area contributed by atoms with Gasteiger partial charge in [-0.25, -0.2) is 9.97 Å². The van der Waals surface area contributed by atoms with Crippen LogP contribution < -0.4 is 25.9 Å². The molecule has 0 saturated carbocycles. The summed E-state index contributed by atoms with van der Waals surface area (Å²) >= 11 is 5.82. The Morgan fingerprint density at radius 1 is 0.722 bits per heavy atom. The summed E-state index contributed by atoms with van der Waals surface area (Å²) in [5, 5.41) is 7.31. The van der Waals surface area contributed by atoms with Crippen molar-refractivity contribution < 1.29 is 35.7 Å². The maximum Gasteiger partial charge on any atom is 0.494 e. The summed E-state index contributed by atoms with van der Waals surface area (Å²) in [5.74, 6) is 1.69. The number of nitrogens with zero attached hydrogens (tertiary/aromatic N) is 6. The second kappa shape index (κ2) is 14.1. The zero-order valence-electron chi connectivity index (χ0n) is 29.9. The smallest absolute Gasteiger partial charge is 0.399 e. The van der Waals surface area contributed by atoms with E-state index >= 15 is 0 Å². The Morgan fingerprint density at radius 3 is 1.81 bits per heavy atom. The number of hydrogen-bond acceptors (Lipinski definition) is 10. The number of pyridine rings is 4. The lowest BCUT2D eigenvalue weighted by molar-refractivity contribution is -0.141. The van der Waals surface area contributed by atoms with Crippen molar-refractivity contribution in [2.75, 3.05) is 46.6 Å². The van der Waals surface area contributed by atoms with Gasteiger partial charge in [-0.1, -0.05) is 11.6 Å². The number of halogens is 7. The van der Waals surface area contributed by atoms with Crippen LogP contribution in [0.4, 0.5) is 49.4 Å². The molecule has 4 bridgehead atoms. The summed E-state index contributed by atoms with van der Waals surface area (Å²) in [6.07, 6.45) is -4.39. The molecular weight excluding hydrogens is 737 g/mol. The van der Waals surface area contributed by atoms with Gasteiger partial charge in [0.25, 0.3) is 0 Å². The third-order valence-electron chi connectivity index (χ3n) is 10.4. The molecule has 286 valence electrons. The van der Waals surface area contributed by atoms with Gasteiger partial charge in [0.05, 0.1) is 28.3 Å². The van der Waals surface area contributed by atoms with Crippen molar-refractivity contribution >= 4 is 47.2 Å². The first-order valence-corrected chi connectivity index (χ1v) is 17.9. The van der Waals surface area contributed by atoms with Crippen LogP contribution in [0.5, 0.6) is 0 Å². The van der Waals surface area contributed by atoms with Crippen molar-refractivity contribution in [2.24, 2.45) is 0 Å². The molecule has 3 fully saturated rings. The average molecular weight is 775 g/mol. The summed E-state index contributed by atoms with van der Waals surface area (Å²) < 4.78 is 87.5. The fourth-order valence-electron chi connectivity index (χ4n) is 6.82. The van der Waals surface area contributed by atoms with E-state index in [0.717, 1.165) is 68.3 Å². The van der Waals surface area contributed by atoms with Crippen LogP contribution in [-0.4, -0.2) is 76.5 Å². The van der Waals surface area contributed by atoms with Crippen LogP contribution >= 0.6 is 11.6 Å². The molecule has 54 heavy (non-hydrogen) atoms. The fraction of sp³-hybridized carbons (Fsp3) is 0.444. The number of anilines is 4. The van der Waals surface area contributed by atoms with Crippen LogP contribution in [0.25, 0.3) is 11.3 Å². The molecule has 5 aliphatic rings.